The minimum absolute atomic E-state index is 0. The van der Waals surface area contributed by atoms with E-state index in [2.05, 4.69) is 81.4 Å². The van der Waals surface area contributed by atoms with Crippen LogP contribution >= 0.6 is 30.8 Å². The molecule has 0 aliphatic carbocycles. The predicted octanol–water partition coefficient (Wildman–Crippen LogP) is 7.33. The van der Waals surface area contributed by atoms with Gasteiger partial charge >= 0.3 is 5.97 Å². The maximum atomic E-state index is 11.7. The van der Waals surface area contributed by atoms with Crippen LogP contribution in [0, 0.1) is 0 Å². The van der Waals surface area contributed by atoms with Gasteiger partial charge in [0.15, 0.2) is 0 Å². The topological polar surface area (TPSA) is 37.3 Å². The fourth-order valence-electron chi connectivity index (χ4n) is 4.89. The molecule has 0 heterocycles. The summed E-state index contributed by atoms with van der Waals surface area (Å²) in [5.41, 5.74) is 0. The summed E-state index contributed by atoms with van der Waals surface area (Å²) >= 11 is 3.78. The van der Waals surface area contributed by atoms with E-state index in [0.717, 1.165) is 6.42 Å². The fourth-order valence-corrected chi connectivity index (χ4v) is 13.1. The third-order valence-electron chi connectivity index (χ3n) is 6.96. The van der Waals surface area contributed by atoms with E-state index in [0.29, 0.717) is 6.42 Å². The van der Waals surface area contributed by atoms with Gasteiger partial charge in [0.25, 0.3) is 0 Å². The standard InChI is InChI=1S/C31H47O2PS2.BrH/c1-4-7-24-34(25-8-5-2,26-9-6-3)27-16-22-31(23-21-30(32)33,35-28-17-12-10-13-18-28)36-29-19-14-11-15-20-29;/h10-15,17-20H,4-9,16,21-27H2,1-3H3;1H. The van der Waals surface area contributed by atoms with Crippen LogP contribution < -0.4 is 17.0 Å². The minimum Gasteiger partial charge on any atom is -1.00 e. The molecule has 0 atom stereocenters. The van der Waals surface area contributed by atoms with Crippen molar-refractivity contribution in [2.75, 3.05) is 24.6 Å². The van der Waals surface area contributed by atoms with E-state index in [1.54, 1.807) is 0 Å². The van der Waals surface area contributed by atoms with Crippen LogP contribution in [0.2, 0.25) is 0 Å². The molecule has 1 N–H and O–H groups in total. The average molecular weight is 628 g/mol. The van der Waals surface area contributed by atoms with Crippen LogP contribution in [0.4, 0.5) is 0 Å². The van der Waals surface area contributed by atoms with E-state index in [1.807, 2.05) is 23.5 Å². The van der Waals surface area contributed by atoms with E-state index in [-0.39, 0.29) is 27.5 Å². The molecule has 6 heteroatoms. The number of benzene rings is 2. The molecule has 0 aliphatic heterocycles. The lowest BCUT2D eigenvalue weighted by Gasteiger charge is -2.34. The molecule has 0 saturated carbocycles. The highest BCUT2D eigenvalue weighted by Crippen LogP contribution is 2.62. The van der Waals surface area contributed by atoms with Gasteiger partial charge in [0.05, 0.1) is 28.7 Å². The lowest BCUT2D eigenvalue weighted by molar-refractivity contribution is -0.137. The number of thioether (sulfide) groups is 2. The maximum Gasteiger partial charge on any atom is 0.303 e. The monoisotopic (exact) mass is 626 g/mol. The van der Waals surface area contributed by atoms with E-state index < -0.39 is 13.2 Å². The second kappa shape index (κ2) is 19.6. The van der Waals surface area contributed by atoms with E-state index in [4.69, 9.17) is 0 Å². The van der Waals surface area contributed by atoms with Crippen LogP contribution in [0.25, 0.3) is 0 Å². The second-order valence-electron chi connectivity index (χ2n) is 10.0. The summed E-state index contributed by atoms with van der Waals surface area (Å²) in [6.45, 7) is 6.99. The third kappa shape index (κ3) is 13.4. The van der Waals surface area contributed by atoms with Gasteiger partial charge in [0, 0.05) is 23.5 Å². The van der Waals surface area contributed by atoms with Gasteiger partial charge in [-0.3, -0.25) is 4.79 Å². The van der Waals surface area contributed by atoms with Gasteiger partial charge in [0.1, 0.15) is 0 Å². The summed E-state index contributed by atoms with van der Waals surface area (Å²) in [7, 11) is -0.970. The molecule has 0 spiro atoms. The molecular weight excluding hydrogens is 579 g/mol. The first kappa shape index (κ1) is 34.5. The van der Waals surface area contributed by atoms with Crippen LogP contribution in [0.5, 0.6) is 0 Å². The third-order valence-corrected chi connectivity index (χ3v) is 15.1. The number of aliphatic carboxylic acids is 1. The zero-order valence-electron chi connectivity index (χ0n) is 23.2. The second-order valence-corrected chi connectivity index (χ2v) is 17.7. The van der Waals surface area contributed by atoms with Crippen molar-refractivity contribution in [3.05, 3.63) is 60.7 Å². The highest BCUT2D eigenvalue weighted by atomic mass is 79.9. The summed E-state index contributed by atoms with van der Waals surface area (Å²) in [6, 6.07) is 21.2. The van der Waals surface area contributed by atoms with Crippen molar-refractivity contribution in [2.45, 2.75) is 98.8 Å². The molecule has 0 aromatic heterocycles. The lowest BCUT2D eigenvalue weighted by atomic mass is 10.1. The molecule has 0 saturated heterocycles. The summed E-state index contributed by atoms with van der Waals surface area (Å²) in [6.07, 6.45) is 16.8. The molecule has 0 aliphatic rings. The van der Waals surface area contributed by atoms with Crippen molar-refractivity contribution in [1.29, 1.82) is 0 Å². The largest absolute Gasteiger partial charge is 1.00 e. The number of halogens is 1. The Hall–Kier alpha value is -0.480. The average Bonchev–Trinajstić information content (AvgIpc) is 2.89. The van der Waals surface area contributed by atoms with Crippen LogP contribution in [-0.2, 0) is 4.79 Å². The summed E-state index contributed by atoms with van der Waals surface area (Å²) < 4.78 is -0.184. The van der Waals surface area contributed by atoms with Crippen LogP contribution in [0.3, 0.4) is 0 Å². The van der Waals surface area contributed by atoms with Crippen LogP contribution in [0.15, 0.2) is 70.5 Å². The van der Waals surface area contributed by atoms with Crippen molar-refractivity contribution in [1.82, 2.24) is 0 Å². The minimum atomic E-state index is -0.970. The van der Waals surface area contributed by atoms with Crippen molar-refractivity contribution in [3.8, 4) is 0 Å². The first-order chi connectivity index (χ1) is 17.5. The Morgan fingerprint density at radius 1 is 0.703 bits per heavy atom. The van der Waals surface area contributed by atoms with Crippen molar-refractivity contribution < 1.29 is 26.9 Å². The van der Waals surface area contributed by atoms with Crippen molar-refractivity contribution in [2.24, 2.45) is 0 Å². The number of rotatable bonds is 20. The SMILES string of the molecule is CCCC[P+](CCCC)(CCCC)CCCC(CCC(=O)O)(Sc1ccccc1)Sc1ccccc1.[Br-]. The van der Waals surface area contributed by atoms with Gasteiger partial charge in [-0.25, -0.2) is 0 Å². The molecule has 2 aromatic rings. The highest BCUT2D eigenvalue weighted by Gasteiger charge is 2.38. The Kier molecular flexibility index (Phi) is 18.3. The van der Waals surface area contributed by atoms with Crippen molar-refractivity contribution >= 4 is 36.8 Å². The van der Waals surface area contributed by atoms with Gasteiger partial charge < -0.3 is 22.1 Å². The Bertz CT molecular complexity index is 788. The van der Waals surface area contributed by atoms with Gasteiger partial charge in [-0.05, 0) is 62.8 Å². The predicted molar refractivity (Wildman–Crippen MR) is 165 cm³/mol. The molecule has 2 nitrogen and oxygen atoms in total. The number of unbranched alkanes of at least 4 members (excludes halogenated alkanes) is 3. The van der Waals surface area contributed by atoms with Gasteiger partial charge in [-0.1, -0.05) is 76.4 Å². The normalized spacial score (nSPS) is 11.8. The van der Waals surface area contributed by atoms with E-state index in [1.165, 1.54) is 79.4 Å². The van der Waals surface area contributed by atoms with Gasteiger partial charge in [0.2, 0.25) is 0 Å². The first-order valence-electron chi connectivity index (χ1n) is 14.0. The Morgan fingerprint density at radius 2 is 1.11 bits per heavy atom. The molecule has 2 rings (SSSR count). The summed E-state index contributed by atoms with van der Waals surface area (Å²) in [5, 5.41) is 9.64. The Morgan fingerprint density at radius 3 is 1.49 bits per heavy atom. The van der Waals surface area contributed by atoms with Crippen LogP contribution in [-0.4, -0.2) is 39.8 Å². The molecule has 0 bridgehead atoms. The van der Waals surface area contributed by atoms with Crippen LogP contribution in [0.1, 0.15) is 85.0 Å². The number of carboxylic acid groups (broad SMARTS) is 1. The smallest absolute Gasteiger partial charge is 0.303 e. The van der Waals surface area contributed by atoms with E-state index >= 15 is 0 Å². The Labute approximate surface area is 246 Å². The number of hydrogen-bond donors (Lipinski definition) is 1. The quantitative estimate of drug-likeness (QED) is 0.0948. The fraction of sp³-hybridized carbons (Fsp3) is 0.581. The van der Waals surface area contributed by atoms with Gasteiger partial charge in [-0.15, -0.1) is 23.5 Å². The molecule has 0 radical (unpaired) electrons. The lowest BCUT2D eigenvalue weighted by Crippen LogP contribution is -3.00. The molecule has 208 valence electrons. The zero-order chi connectivity index (χ0) is 26.1. The summed E-state index contributed by atoms with van der Waals surface area (Å²) in [5.74, 6) is -0.697. The Balaban J connectivity index is 0.00000684. The molecule has 2 aromatic carbocycles. The molecule has 0 amide bonds. The maximum absolute atomic E-state index is 11.7. The molecule has 0 unspecified atom stereocenters. The summed E-state index contributed by atoms with van der Waals surface area (Å²) in [4.78, 5) is 14.2. The number of carbonyl (C=O) groups is 1. The molecular formula is C31H48BrO2PS2. The van der Waals surface area contributed by atoms with Crippen molar-refractivity contribution in [3.63, 3.8) is 0 Å². The highest BCUT2D eigenvalue weighted by molar-refractivity contribution is 8.18. The van der Waals surface area contributed by atoms with E-state index in [9.17, 15) is 9.90 Å². The number of carboxylic acids is 1. The first-order valence-corrected chi connectivity index (χ1v) is 18.2. The zero-order valence-corrected chi connectivity index (χ0v) is 27.3. The molecule has 0 fully saturated rings. The molecule has 37 heavy (non-hydrogen) atoms. The number of hydrogen-bond acceptors (Lipinski definition) is 3. The van der Waals surface area contributed by atoms with Gasteiger partial charge in [-0.2, -0.15) is 0 Å².